The molecule has 0 saturated heterocycles. The minimum Gasteiger partial charge on any atom is -0.395 e. The van der Waals surface area contributed by atoms with Crippen molar-refractivity contribution >= 4 is 23.1 Å². The number of carbonyl (C=O) groups excluding carboxylic acids is 1. The van der Waals surface area contributed by atoms with E-state index in [2.05, 4.69) is 5.32 Å². The first kappa shape index (κ1) is 12.3. The first-order valence-electron chi connectivity index (χ1n) is 5.16. The van der Waals surface area contributed by atoms with Crippen molar-refractivity contribution in [1.82, 2.24) is 5.32 Å². The molecular formula is C11H10N2O4S. The molecule has 94 valence electrons. The zero-order chi connectivity index (χ0) is 13.1. The molecule has 0 bridgehead atoms. The molecule has 7 heteroatoms. The number of nitrogens with one attached hydrogen (secondary N) is 1. The van der Waals surface area contributed by atoms with Crippen LogP contribution in [0.3, 0.4) is 0 Å². The van der Waals surface area contributed by atoms with Crippen molar-refractivity contribution in [3.8, 4) is 0 Å². The molecule has 0 aliphatic heterocycles. The highest BCUT2D eigenvalue weighted by Crippen LogP contribution is 2.20. The molecule has 2 aromatic heterocycles. The molecule has 2 aromatic rings. The van der Waals surface area contributed by atoms with Gasteiger partial charge in [0, 0.05) is 4.88 Å². The van der Waals surface area contributed by atoms with Crippen LogP contribution in [0.25, 0.3) is 0 Å². The maximum Gasteiger partial charge on any atom is 0.433 e. The van der Waals surface area contributed by atoms with Gasteiger partial charge in [-0.1, -0.05) is 6.07 Å². The molecule has 1 atom stereocenters. The molecule has 1 N–H and O–H groups in total. The van der Waals surface area contributed by atoms with Crippen molar-refractivity contribution in [3.05, 3.63) is 50.4 Å². The number of hydrogen-bond donors (Lipinski definition) is 1. The SMILES string of the molecule is CC(NC(=O)c1ccc([N+](=O)[O-])o1)c1cccs1. The topological polar surface area (TPSA) is 85.4 Å². The molecule has 0 spiro atoms. The lowest BCUT2D eigenvalue weighted by Gasteiger charge is -2.10. The molecule has 0 radical (unpaired) electrons. The number of furan rings is 1. The largest absolute Gasteiger partial charge is 0.433 e. The standard InChI is InChI=1S/C11H10N2O4S/c1-7(9-3-2-6-18-9)12-11(14)8-4-5-10(17-8)13(15)16/h2-7H,1H3,(H,12,14). The summed E-state index contributed by atoms with van der Waals surface area (Å²) in [6.45, 7) is 1.83. The predicted octanol–water partition coefficient (Wildman–Crippen LogP) is 2.74. The van der Waals surface area contributed by atoms with E-state index in [1.54, 1.807) is 0 Å². The third-order valence-electron chi connectivity index (χ3n) is 2.31. The van der Waals surface area contributed by atoms with Gasteiger partial charge in [-0.25, -0.2) is 0 Å². The van der Waals surface area contributed by atoms with Crippen LogP contribution in [-0.4, -0.2) is 10.8 Å². The summed E-state index contributed by atoms with van der Waals surface area (Å²) in [6.07, 6.45) is 0. The fourth-order valence-electron chi connectivity index (χ4n) is 1.42. The van der Waals surface area contributed by atoms with Crippen molar-refractivity contribution in [2.45, 2.75) is 13.0 Å². The number of nitrogens with zero attached hydrogens (tertiary/aromatic N) is 1. The van der Waals surface area contributed by atoms with E-state index in [-0.39, 0.29) is 11.8 Å². The minimum absolute atomic E-state index is 0.0647. The van der Waals surface area contributed by atoms with Crippen LogP contribution in [0.5, 0.6) is 0 Å². The van der Waals surface area contributed by atoms with Gasteiger partial charge in [0.05, 0.1) is 12.1 Å². The summed E-state index contributed by atoms with van der Waals surface area (Å²) in [4.78, 5) is 22.5. The Morgan fingerprint density at radius 2 is 2.28 bits per heavy atom. The van der Waals surface area contributed by atoms with Crippen molar-refractivity contribution in [3.63, 3.8) is 0 Å². The van der Waals surface area contributed by atoms with Crippen LogP contribution < -0.4 is 5.32 Å². The quantitative estimate of drug-likeness (QED) is 0.681. The van der Waals surface area contributed by atoms with Crippen molar-refractivity contribution in [2.75, 3.05) is 0 Å². The number of hydrogen-bond acceptors (Lipinski definition) is 5. The lowest BCUT2D eigenvalue weighted by molar-refractivity contribution is -0.402. The van der Waals surface area contributed by atoms with E-state index < -0.39 is 16.7 Å². The summed E-state index contributed by atoms with van der Waals surface area (Å²) in [5, 5.41) is 15.0. The van der Waals surface area contributed by atoms with Crippen LogP contribution in [0.2, 0.25) is 0 Å². The second-order valence-corrected chi connectivity index (χ2v) is 4.58. The predicted molar refractivity (Wildman–Crippen MR) is 65.6 cm³/mol. The molecule has 0 fully saturated rings. The van der Waals surface area contributed by atoms with E-state index in [0.717, 1.165) is 10.9 Å². The summed E-state index contributed by atoms with van der Waals surface area (Å²) in [5.41, 5.74) is 0. The average Bonchev–Trinajstić information content (AvgIpc) is 3.00. The van der Waals surface area contributed by atoms with Crippen LogP contribution in [0.4, 0.5) is 5.88 Å². The van der Waals surface area contributed by atoms with Gasteiger partial charge in [-0.15, -0.1) is 11.3 Å². The van der Waals surface area contributed by atoms with Gasteiger partial charge in [0.15, 0.2) is 5.76 Å². The Kier molecular flexibility index (Phi) is 3.42. The second kappa shape index (κ2) is 5.01. The summed E-state index contributed by atoms with van der Waals surface area (Å²) in [6, 6.07) is 6.07. The average molecular weight is 266 g/mol. The number of thiophene rings is 1. The Morgan fingerprint density at radius 1 is 1.50 bits per heavy atom. The number of rotatable bonds is 4. The Balaban J connectivity index is 2.05. The normalized spacial score (nSPS) is 12.1. The van der Waals surface area contributed by atoms with Gasteiger partial charge >= 0.3 is 5.88 Å². The van der Waals surface area contributed by atoms with Gasteiger partial charge in [0.2, 0.25) is 0 Å². The van der Waals surface area contributed by atoms with Gasteiger partial charge in [0.25, 0.3) is 5.91 Å². The molecule has 18 heavy (non-hydrogen) atoms. The summed E-state index contributed by atoms with van der Waals surface area (Å²) < 4.78 is 4.82. The molecular weight excluding hydrogens is 256 g/mol. The van der Waals surface area contributed by atoms with E-state index >= 15 is 0 Å². The Hall–Kier alpha value is -2.15. The lowest BCUT2D eigenvalue weighted by atomic mass is 10.2. The van der Waals surface area contributed by atoms with Crippen LogP contribution in [0.1, 0.15) is 28.4 Å². The second-order valence-electron chi connectivity index (χ2n) is 3.61. The van der Waals surface area contributed by atoms with E-state index in [1.807, 2.05) is 24.4 Å². The maximum atomic E-state index is 11.8. The third-order valence-corrected chi connectivity index (χ3v) is 3.37. The molecule has 6 nitrogen and oxygen atoms in total. The van der Waals surface area contributed by atoms with E-state index in [1.165, 1.54) is 17.4 Å². The number of nitro groups is 1. The smallest absolute Gasteiger partial charge is 0.395 e. The van der Waals surface area contributed by atoms with Crippen molar-refractivity contribution in [1.29, 1.82) is 0 Å². The molecule has 2 rings (SSSR count). The Morgan fingerprint density at radius 3 is 2.83 bits per heavy atom. The van der Waals surface area contributed by atoms with Crippen LogP contribution in [-0.2, 0) is 0 Å². The summed E-state index contributed by atoms with van der Waals surface area (Å²) in [7, 11) is 0. The molecule has 0 aromatic carbocycles. The summed E-state index contributed by atoms with van der Waals surface area (Å²) in [5.74, 6) is -0.974. The highest BCUT2D eigenvalue weighted by atomic mass is 32.1. The molecule has 1 amide bonds. The van der Waals surface area contributed by atoms with E-state index in [4.69, 9.17) is 4.42 Å². The Bertz CT molecular complexity index is 561. The summed E-state index contributed by atoms with van der Waals surface area (Å²) >= 11 is 1.52. The Labute approximate surface area is 106 Å². The maximum absolute atomic E-state index is 11.8. The highest BCUT2D eigenvalue weighted by Gasteiger charge is 2.19. The molecule has 1 unspecified atom stereocenters. The molecule has 0 saturated carbocycles. The van der Waals surface area contributed by atoms with E-state index in [9.17, 15) is 14.9 Å². The number of carbonyl (C=O) groups is 1. The van der Waals surface area contributed by atoms with Crippen molar-refractivity contribution < 1.29 is 14.1 Å². The van der Waals surface area contributed by atoms with Crippen molar-refractivity contribution in [2.24, 2.45) is 0 Å². The molecule has 0 aliphatic carbocycles. The zero-order valence-electron chi connectivity index (χ0n) is 9.45. The van der Waals surface area contributed by atoms with E-state index in [0.29, 0.717) is 0 Å². The zero-order valence-corrected chi connectivity index (χ0v) is 10.3. The van der Waals surface area contributed by atoms with Gasteiger partial charge in [-0.3, -0.25) is 14.9 Å². The van der Waals surface area contributed by atoms with Crippen LogP contribution in [0, 0.1) is 10.1 Å². The lowest BCUT2D eigenvalue weighted by Crippen LogP contribution is -2.25. The van der Waals surface area contributed by atoms with Gasteiger partial charge in [-0.05, 0) is 24.4 Å². The first-order chi connectivity index (χ1) is 8.58. The van der Waals surface area contributed by atoms with Gasteiger partial charge in [-0.2, -0.15) is 0 Å². The highest BCUT2D eigenvalue weighted by molar-refractivity contribution is 7.10. The van der Waals surface area contributed by atoms with Gasteiger partial charge in [0.1, 0.15) is 4.92 Å². The van der Waals surface area contributed by atoms with Crippen LogP contribution >= 0.6 is 11.3 Å². The van der Waals surface area contributed by atoms with Gasteiger partial charge < -0.3 is 9.73 Å². The van der Waals surface area contributed by atoms with Crippen LogP contribution in [0.15, 0.2) is 34.1 Å². The molecule has 2 heterocycles. The monoisotopic (exact) mass is 266 g/mol. The molecule has 0 aliphatic rings. The third kappa shape index (κ3) is 2.57. The first-order valence-corrected chi connectivity index (χ1v) is 6.04. The minimum atomic E-state index is -0.681. The number of amides is 1. The fraction of sp³-hybridized carbons (Fsp3) is 0.182. The fourth-order valence-corrected chi connectivity index (χ4v) is 2.16.